The molecule has 0 radical (unpaired) electrons. The van der Waals surface area contributed by atoms with Crippen LogP contribution < -0.4 is 14.8 Å². The number of fused-ring (bicyclic) bond motifs is 1. The first-order chi connectivity index (χ1) is 13.0. The number of hydrogen-bond acceptors (Lipinski definition) is 4. The Kier molecular flexibility index (Phi) is 5.14. The van der Waals surface area contributed by atoms with E-state index >= 15 is 0 Å². The molecule has 28 heavy (non-hydrogen) atoms. The molecule has 1 heterocycles. The van der Waals surface area contributed by atoms with Crippen molar-refractivity contribution in [3.63, 3.8) is 0 Å². The number of carbonyl (C=O) groups is 1. The Hall–Kier alpha value is -2.54. The molecule has 0 fully saturated rings. The number of amides is 1. The van der Waals surface area contributed by atoms with Crippen LogP contribution in [0.4, 0.5) is 5.69 Å². The molecule has 3 rings (SSSR count). The Morgan fingerprint density at radius 1 is 1.18 bits per heavy atom. The van der Waals surface area contributed by atoms with Gasteiger partial charge in [0.15, 0.2) is 0 Å². The van der Waals surface area contributed by atoms with Gasteiger partial charge in [0.25, 0.3) is 5.91 Å². The largest absolute Gasteiger partial charge is 0.487 e. The predicted octanol–water partition coefficient (Wildman–Crippen LogP) is 3.71. The number of ether oxygens (including phenoxy) is 1. The van der Waals surface area contributed by atoms with Crippen LogP contribution in [-0.4, -0.2) is 26.2 Å². The third-order valence-electron chi connectivity index (χ3n) is 4.80. The molecule has 0 spiro atoms. The average Bonchev–Trinajstić information content (AvgIpc) is 2.55. The van der Waals surface area contributed by atoms with Gasteiger partial charge in [-0.2, -0.15) is 0 Å². The van der Waals surface area contributed by atoms with Crippen LogP contribution in [0.5, 0.6) is 5.75 Å². The molecule has 2 aromatic carbocycles. The lowest BCUT2D eigenvalue weighted by Crippen LogP contribution is -2.41. The van der Waals surface area contributed by atoms with Crippen LogP contribution in [0.1, 0.15) is 53.4 Å². The smallest absolute Gasteiger partial charge is 0.252 e. The predicted molar refractivity (Wildman–Crippen MR) is 110 cm³/mol. The SMILES string of the molecule is Cc1ccc2c(c1)[C@H](NC(=O)c1cccc(NS(C)(=O)=O)c1C)CC(C)(C)O2. The molecular formula is C21H26N2O4S. The van der Waals surface area contributed by atoms with Crippen molar-refractivity contribution in [2.24, 2.45) is 0 Å². The number of anilines is 1. The number of carbonyl (C=O) groups excluding carboxylic acids is 1. The van der Waals surface area contributed by atoms with Gasteiger partial charge < -0.3 is 10.1 Å². The molecule has 7 heteroatoms. The van der Waals surface area contributed by atoms with Crippen LogP contribution in [-0.2, 0) is 10.0 Å². The van der Waals surface area contributed by atoms with E-state index in [2.05, 4.69) is 10.0 Å². The van der Waals surface area contributed by atoms with Crippen LogP contribution in [0, 0.1) is 13.8 Å². The molecule has 1 atom stereocenters. The van der Waals surface area contributed by atoms with Crippen LogP contribution in [0.25, 0.3) is 0 Å². The Morgan fingerprint density at radius 3 is 2.57 bits per heavy atom. The highest BCUT2D eigenvalue weighted by molar-refractivity contribution is 7.92. The first kappa shape index (κ1) is 20.2. The second kappa shape index (κ2) is 7.13. The molecule has 0 saturated heterocycles. The second-order valence-corrected chi connectivity index (χ2v) is 9.73. The fourth-order valence-electron chi connectivity index (χ4n) is 3.53. The summed E-state index contributed by atoms with van der Waals surface area (Å²) in [5.74, 6) is 0.529. The maximum Gasteiger partial charge on any atom is 0.252 e. The van der Waals surface area contributed by atoms with Crippen molar-refractivity contribution in [2.45, 2.75) is 45.8 Å². The van der Waals surface area contributed by atoms with Crippen LogP contribution in [0.3, 0.4) is 0 Å². The molecule has 0 saturated carbocycles. The monoisotopic (exact) mass is 402 g/mol. The Labute approximate surface area is 166 Å². The number of rotatable bonds is 4. The summed E-state index contributed by atoms with van der Waals surface area (Å²) in [6.45, 7) is 7.73. The van der Waals surface area contributed by atoms with Crippen molar-refractivity contribution < 1.29 is 17.9 Å². The standard InChI is InChI=1S/C21H26N2O4S/c1-13-9-10-19-16(11-13)18(12-21(3,4)27-19)22-20(24)15-7-6-8-17(14(15)2)23-28(5,25)26/h6-11,18,23H,12H2,1-5H3,(H,22,24)/t18-/m1/s1. The van der Waals surface area contributed by atoms with Gasteiger partial charge in [-0.1, -0.05) is 23.8 Å². The summed E-state index contributed by atoms with van der Waals surface area (Å²) in [6, 6.07) is 10.8. The molecule has 2 N–H and O–H groups in total. The quantitative estimate of drug-likeness (QED) is 0.817. The second-order valence-electron chi connectivity index (χ2n) is 7.99. The van der Waals surface area contributed by atoms with E-state index < -0.39 is 15.6 Å². The van der Waals surface area contributed by atoms with Gasteiger partial charge in [-0.15, -0.1) is 0 Å². The molecule has 0 bridgehead atoms. The first-order valence-electron chi connectivity index (χ1n) is 9.13. The summed E-state index contributed by atoms with van der Waals surface area (Å²) in [5.41, 5.74) is 3.06. The van der Waals surface area contributed by atoms with Gasteiger partial charge in [-0.3, -0.25) is 9.52 Å². The average molecular weight is 403 g/mol. The minimum Gasteiger partial charge on any atom is -0.487 e. The van der Waals surface area contributed by atoms with Crippen LogP contribution >= 0.6 is 0 Å². The van der Waals surface area contributed by atoms with Crippen molar-refractivity contribution in [3.8, 4) is 5.75 Å². The summed E-state index contributed by atoms with van der Waals surface area (Å²) >= 11 is 0. The molecule has 150 valence electrons. The van der Waals surface area contributed by atoms with E-state index in [1.165, 1.54) is 0 Å². The van der Waals surface area contributed by atoms with E-state index in [0.717, 1.165) is 23.1 Å². The van der Waals surface area contributed by atoms with Gasteiger partial charge in [-0.05, 0) is 51.5 Å². The highest BCUT2D eigenvalue weighted by Crippen LogP contribution is 2.40. The zero-order chi connectivity index (χ0) is 20.7. The van der Waals surface area contributed by atoms with Gasteiger partial charge in [0.2, 0.25) is 10.0 Å². The van der Waals surface area contributed by atoms with Gasteiger partial charge >= 0.3 is 0 Å². The molecule has 2 aromatic rings. The molecule has 1 amide bonds. The molecule has 0 unspecified atom stereocenters. The first-order valence-corrected chi connectivity index (χ1v) is 11.0. The van der Waals surface area contributed by atoms with Crippen LogP contribution in [0.15, 0.2) is 36.4 Å². The lowest BCUT2D eigenvalue weighted by molar-refractivity contribution is 0.0619. The Morgan fingerprint density at radius 2 is 1.89 bits per heavy atom. The molecule has 0 aliphatic carbocycles. The third-order valence-corrected chi connectivity index (χ3v) is 5.39. The molecule has 1 aliphatic rings. The molecular weight excluding hydrogens is 376 g/mol. The topological polar surface area (TPSA) is 84.5 Å². The van der Waals surface area contributed by atoms with E-state index in [4.69, 9.17) is 4.74 Å². The summed E-state index contributed by atoms with van der Waals surface area (Å²) < 4.78 is 31.7. The zero-order valence-corrected chi connectivity index (χ0v) is 17.6. The maximum atomic E-state index is 13.0. The lowest BCUT2D eigenvalue weighted by Gasteiger charge is -2.38. The summed E-state index contributed by atoms with van der Waals surface area (Å²) in [7, 11) is -3.43. The highest BCUT2D eigenvalue weighted by Gasteiger charge is 2.35. The van der Waals surface area contributed by atoms with Gasteiger partial charge in [0.1, 0.15) is 11.4 Å². The van der Waals surface area contributed by atoms with E-state index in [1.807, 2.05) is 39.0 Å². The number of nitrogens with one attached hydrogen (secondary N) is 2. The zero-order valence-electron chi connectivity index (χ0n) is 16.8. The summed E-state index contributed by atoms with van der Waals surface area (Å²) in [5, 5.41) is 3.11. The number of sulfonamides is 1. The minimum absolute atomic E-state index is 0.197. The number of aryl methyl sites for hydroxylation is 1. The normalized spacial score (nSPS) is 18.0. The minimum atomic E-state index is -3.43. The molecule has 1 aliphatic heterocycles. The summed E-state index contributed by atoms with van der Waals surface area (Å²) in [4.78, 5) is 13.0. The van der Waals surface area contributed by atoms with Crippen molar-refractivity contribution in [1.29, 1.82) is 0 Å². The van der Waals surface area contributed by atoms with Gasteiger partial charge in [0.05, 0.1) is 18.0 Å². The number of hydrogen-bond donors (Lipinski definition) is 2. The third kappa shape index (κ3) is 4.47. The van der Waals surface area contributed by atoms with E-state index in [0.29, 0.717) is 23.2 Å². The number of benzene rings is 2. The fourth-order valence-corrected chi connectivity index (χ4v) is 4.15. The molecule has 0 aromatic heterocycles. The van der Waals surface area contributed by atoms with E-state index in [-0.39, 0.29) is 11.9 Å². The maximum absolute atomic E-state index is 13.0. The van der Waals surface area contributed by atoms with Gasteiger partial charge in [0, 0.05) is 17.5 Å². The molecule has 6 nitrogen and oxygen atoms in total. The Balaban J connectivity index is 1.92. The Bertz CT molecular complexity index is 1030. The van der Waals surface area contributed by atoms with Gasteiger partial charge in [-0.25, -0.2) is 8.42 Å². The van der Waals surface area contributed by atoms with Crippen LogP contribution in [0.2, 0.25) is 0 Å². The fraction of sp³-hybridized carbons (Fsp3) is 0.381. The van der Waals surface area contributed by atoms with Crippen molar-refractivity contribution in [3.05, 3.63) is 58.7 Å². The van der Waals surface area contributed by atoms with Crippen molar-refractivity contribution >= 4 is 21.6 Å². The van der Waals surface area contributed by atoms with Crippen molar-refractivity contribution in [1.82, 2.24) is 5.32 Å². The van der Waals surface area contributed by atoms with E-state index in [9.17, 15) is 13.2 Å². The van der Waals surface area contributed by atoms with Crippen molar-refractivity contribution in [2.75, 3.05) is 11.0 Å². The lowest BCUT2D eigenvalue weighted by atomic mass is 9.88. The summed E-state index contributed by atoms with van der Waals surface area (Å²) in [6.07, 6.45) is 1.72. The van der Waals surface area contributed by atoms with E-state index in [1.54, 1.807) is 25.1 Å². The highest BCUT2D eigenvalue weighted by atomic mass is 32.2.